The van der Waals surface area contributed by atoms with Gasteiger partial charge in [0.25, 0.3) is 0 Å². The Bertz CT molecular complexity index is 328. The summed E-state index contributed by atoms with van der Waals surface area (Å²) in [6.45, 7) is -1.78. The molecule has 0 aromatic heterocycles. The van der Waals surface area contributed by atoms with Gasteiger partial charge in [0.1, 0.15) is 0 Å². The van der Waals surface area contributed by atoms with E-state index in [9.17, 15) is 30.3 Å². The molecule has 0 bridgehead atoms. The maximum absolute atomic E-state index is 10.3. The lowest BCUT2D eigenvalue weighted by Gasteiger charge is -2.27. The molecule has 0 aromatic rings. The summed E-state index contributed by atoms with van der Waals surface area (Å²) in [4.78, 5) is 40.0. The lowest BCUT2D eigenvalue weighted by atomic mass is 10.7. The Morgan fingerprint density at radius 3 is 1.05 bits per heavy atom. The van der Waals surface area contributed by atoms with E-state index in [2.05, 4.69) is 11.5 Å². The van der Waals surface area contributed by atoms with Gasteiger partial charge in [0.05, 0.1) is 0 Å². The normalized spacial score (nSPS) is 14.2. The van der Waals surface area contributed by atoms with E-state index in [0.717, 1.165) is 0 Å². The maximum Gasteiger partial charge on any atom is 0.309 e. The zero-order chi connectivity index (χ0) is 15.2. The first kappa shape index (κ1) is 15.9. The minimum absolute atomic E-state index is 0.370. The van der Waals surface area contributed by atoms with Crippen LogP contribution in [0, 0.1) is 30.3 Å². The first-order valence-electron chi connectivity index (χ1n) is 4.37. The number of nitrogens with two attached hydrogens (primary N) is 2. The molecule has 0 aliphatic carbocycles. The minimum Gasteiger partial charge on any atom is -0.352 e. The number of primary amides is 2. The number of carbonyl (C=O) groups excluding carboxylic acids is 1. The third kappa shape index (κ3) is 5.65. The molecular formula is C4H10N8O7. The molecule has 108 valence electrons. The summed E-state index contributed by atoms with van der Waals surface area (Å²) >= 11 is 0. The van der Waals surface area contributed by atoms with Crippen LogP contribution in [0.3, 0.4) is 0 Å². The fourth-order valence-electron chi connectivity index (χ4n) is 1.01. The molecule has 15 nitrogen and oxygen atoms in total. The van der Waals surface area contributed by atoms with Crippen molar-refractivity contribution in [3.05, 3.63) is 30.3 Å². The van der Waals surface area contributed by atoms with E-state index in [1.54, 1.807) is 0 Å². The molecule has 4 N–H and O–H groups in total. The van der Waals surface area contributed by atoms with Gasteiger partial charge in [-0.15, -0.1) is 0 Å². The van der Waals surface area contributed by atoms with Gasteiger partial charge in [0, 0.05) is 0 Å². The van der Waals surface area contributed by atoms with E-state index in [4.69, 9.17) is 4.79 Å². The molecule has 0 unspecified atom stereocenters. The lowest BCUT2D eigenvalue weighted by Crippen LogP contribution is -2.59. The van der Waals surface area contributed by atoms with Crippen molar-refractivity contribution >= 4 is 6.03 Å². The first-order chi connectivity index (χ1) is 8.65. The van der Waals surface area contributed by atoms with Crippen molar-refractivity contribution in [1.82, 2.24) is 15.0 Å². The van der Waals surface area contributed by atoms with Crippen molar-refractivity contribution in [2.24, 2.45) is 11.5 Å². The topological polar surface area (TPSA) is 208 Å². The van der Waals surface area contributed by atoms with Gasteiger partial charge >= 0.3 is 6.03 Å². The second-order valence-corrected chi connectivity index (χ2v) is 3.06. The molecule has 1 aliphatic rings. The average Bonchev–Trinajstić information content (AvgIpc) is 2.27. The highest BCUT2D eigenvalue weighted by molar-refractivity contribution is 5.69. The van der Waals surface area contributed by atoms with E-state index in [-0.39, 0.29) is 0 Å². The van der Waals surface area contributed by atoms with E-state index in [1.165, 1.54) is 0 Å². The van der Waals surface area contributed by atoms with Gasteiger partial charge in [-0.1, -0.05) is 15.0 Å². The zero-order valence-corrected chi connectivity index (χ0v) is 9.32. The minimum atomic E-state index is -0.924. The molecule has 1 saturated heterocycles. The molecule has 0 aromatic carbocycles. The van der Waals surface area contributed by atoms with Gasteiger partial charge in [0.15, 0.2) is 15.1 Å². The van der Waals surface area contributed by atoms with Crippen LogP contribution < -0.4 is 11.5 Å². The van der Waals surface area contributed by atoms with Crippen molar-refractivity contribution in [3.8, 4) is 0 Å². The Hall–Kier alpha value is -3.13. The average molecular weight is 282 g/mol. The lowest BCUT2D eigenvalue weighted by molar-refractivity contribution is -0.775. The number of hydrogen-bond donors (Lipinski definition) is 2. The van der Waals surface area contributed by atoms with E-state index in [1.807, 2.05) is 0 Å². The summed E-state index contributed by atoms with van der Waals surface area (Å²) in [6, 6.07) is -0.833. The Morgan fingerprint density at radius 1 is 0.789 bits per heavy atom. The van der Waals surface area contributed by atoms with Crippen LogP contribution in [0.2, 0.25) is 0 Å². The van der Waals surface area contributed by atoms with Crippen molar-refractivity contribution < 1.29 is 19.9 Å². The number of rotatable bonds is 3. The molecule has 0 atom stereocenters. The molecule has 1 heterocycles. The molecule has 1 rings (SSSR count). The second-order valence-electron chi connectivity index (χ2n) is 3.06. The van der Waals surface area contributed by atoms with Crippen LogP contribution in [-0.2, 0) is 0 Å². The van der Waals surface area contributed by atoms with Gasteiger partial charge in [-0.05, 0) is 0 Å². The highest BCUT2D eigenvalue weighted by atomic mass is 16.7. The van der Waals surface area contributed by atoms with Crippen LogP contribution in [0.15, 0.2) is 0 Å². The van der Waals surface area contributed by atoms with E-state index in [0.29, 0.717) is 15.0 Å². The Labute approximate surface area is 104 Å². The number of hydrogen-bond acceptors (Lipinski definition) is 7. The Morgan fingerprint density at radius 2 is 0.947 bits per heavy atom. The molecule has 1 aliphatic heterocycles. The van der Waals surface area contributed by atoms with Gasteiger partial charge in [-0.25, -0.2) is 35.1 Å². The third-order valence-corrected chi connectivity index (χ3v) is 1.67. The molecule has 1 fully saturated rings. The Balaban J connectivity index is 0.000000711. The summed E-state index contributed by atoms with van der Waals surface area (Å²) < 4.78 is 0. The molecule has 0 radical (unpaired) electrons. The molecule has 0 saturated carbocycles. The van der Waals surface area contributed by atoms with Crippen LogP contribution in [0.4, 0.5) is 4.79 Å². The quantitative estimate of drug-likeness (QED) is 0.406. The monoisotopic (exact) mass is 282 g/mol. The van der Waals surface area contributed by atoms with Crippen molar-refractivity contribution in [2.75, 3.05) is 20.0 Å². The maximum atomic E-state index is 10.3. The van der Waals surface area contributed by atoms with Crippen LogP contribution in [-0.4, -0.2) is 56.2 Å². The third-order valence-electron chi connectivity index (χ3n) is 1.67. The summed E-state index contributed by atoms with van der Waals surface area (Å²) in [5, 5.41) is 29.3. The summed E-state index contributed by atoms with van der Waals surface area (Å²) in [7, 11) is 0. The number of nitrogens with zero attached hydrogens (tertiary/aromatic N) is 6. The smallest absolute Gasteiger partial charge is 0.309 e. The standard InChI is InChI=1S/C3H6N6O6.CH4N2O/c10-7(11)4-1-5(8(12)13)3-6(2-4)9(14)15;2-1(3)4/h1-3H2;(H4,2,3,4). The molecular weight excluding hydrogens is 272 g/mol. The van der Waals surface area contributed by atoms with E-state index < -0.39 is 41.1 Å². The summed E-state index contributed by atoms with van der Waals surface area (Å²) in [6.07, 6.45) is 0. The SMILES string of the molecule is NC(N)=O.O=[N+]([O-])N1CN([N+](=O)[O-])CN([N+](=O)[O-])C1. The highest BCUT2D eigenvalue weighted by Crippen LogP contribution is 2.06. The van der Waals surface area contributed by atoms with Crippen LogP contribution in [0.25, 0.3) is 0 Å². The zero-order valence-electron chi connectivity index (χ0n) is 9.32. The van der Waals surface area contributed by atoms with Crippen molar-refractivity contribution in [2.45, 2.75) is 0 Å². The Kier molecular flexibility index (Phi) is 5.49. The fraction of sp³-hybridized carbons (Fsp3) is 0.750. The van der Waals surface area contributed by atoms with Gasteiger partial charge in [-0.3, -0.25) is 0 Å². The molecule has 15 heteroatoms. The first-order valence-corrected chi connectivity index (χ1v) is 4.37. The van der Waals surface area contributed by atoms with Gasteiger partial charge in [0.2, 0.25) is 20.0 Å². The van der Waals surface area contributed by atoms with Crippen LogP contribution >= 0.6 is 0 Å². The van der Waals surface area contributed by atoms with Crippen LogP contribution in [0.5, 0.6) is 0 Å². The fourth-order valence-corrected chi connectivity index (χ4v) is 1.01. The number of hydrazine groups is 3. The number of nitro groups is 3. The van der Waals surface area contributed by atoms with Crippen molar-refractivity contribution in [3.63, 3.8) is 0 Å². The largest absolute Gasteiger partial charge is 0.352 e. The number of amides is 2. The molecule has 19 heavy (non-hydrogen) atoms. The summed E-state index contributed by atoms with van der Waals surface area (Å²) in [5.74, 6) is 0. The van der Waals surface area contributed by atoms with Gasteiger partial charge in [-0.2, -0.15) is 0 Å². The predicted molar refractivity (Wildman–Crippen MR) is 54.9 cm³/mol. The summed E-state index contributed by atoms with van der Waals surface area (Å²) in [5.41, 5.74) is 8.50. The van der Waals surface area contributed by atoms with E-state index >= 15 is 0 Å². The number of carbonyl (C=O) groups is 1. The molecule has 2 amide bonds. The van der Waals surface area contributed by atoms with Crippen molar-refractivity contribution in [1.29, 1.82) is 0 Å². The second kappa shape index (κ2) is 6.57. The number of urea groups is 1. The molecule has 0 spiro atoms. The van der Waals surface area contributed by atoms with Gasteiger partial charge < -0.3 is 11.5 Å². The predicted octanol–water partition coefficient (Wildman–Crippen LogP) is -2.62. The highest BCUT2D eigenvalue weighted by Gasteiger charge is 2.39. The van der Waals surface area contributed by atoms with Crippen LogP contribution in [0.1, 0.15) is 0 Å².